The van der Waals surface area contributed by atoms with E-state index in [4.69, 9.17) is 5.11 Å². The number of carboxylic acids is 1. The fraction of sp³-hybridized carbons (Fsp3) is 0.500. The fourth-order valence-corrected chi connectivity index (χ4v) is 1.89. The Morgan fingerprint density at radius 3 is 2.58 bits per heavy atom. The third-order valence-electron chi connectivity index (χ3n) is 2.54. The highest BCUT2D eigenvalue weighted by Gasteiger charge is 2.23. The first kappa shape index (κ1) is 15.1. The van der Waals surface area contributed by atoms with Crippen molar-refractivity contribution >= 4 is 11.9 Å². The van der Waals surface area contributed by atoms with Crippen LogP contribution in [0.3, 0.4) is 0 Å². The van der Waals surface area contributed by atoms with Crippen LogP contribution < -0.4 is 5.32 Å². The van der Waals surface area contributed by atoms with E-state index < -0.39 is 5.97 Å². The summed E-state index contributed by atoms with van der Waals surface area (Å²) in [4.78, 5) is 26.7. The molecule has 1 heterocycles. The van der Waals surface area contributed by atoms with Gasteiger partial charge in [0.25, 0.3) is 5.91 Å². The number of nitrogens with one attached hydrogen (secondary N) is 1. The summed E-state index contributed by atoms with van der Waals surface area (Å²) in [6.45, 7) is 6.04. The molecule has 19 heavy (non-hydrogen) atoms. The summed E-state index contributed by atoms with van der Waals surface area (Å²) >= 11 is 0. The molecule has 1 aromatic heterocycles. The molecule has 0 aliphatic rings. The molecule has 1 rings (SSSR count). The lowest BCUT2D eigenvalue weighted by molar-refractivity contribution is -0.137. The Bertz CT molecular complexity index is 438. The number of nitrogens with zero attached hydrogens (tertiary/aromatic N) is 1. The summed E-state index contributed by atoms with van der Waals surface area (Å²) < 4.78 is 0. The van der Waals surface area contributed by atoms with Crippen molar-refractivity contribution in [3.05, 3.63) is 30.1 Å². The molecule has 1 aromatic rings. The average Bonchev–Trinajstić information content (AvgIpc) is 2.26. The normalized spacial score (nSPS) is 12.8. The molecule has 0 aromatic carbocycles. The van der Waals surface area contributed by atoms with Crippen molar-refractivity contribution in [1.29, 1.82) is 0 Å². The zero-order chi connectivity index (χ0) is 14.5. The van der Waals surface area contributed by atoms with Crippen molar-refractivity contribution in [2.75, 3.05) is 0 Å². The van der Waals surface area contributed by atoms with Gasteiger partial charge in [-0.3, -0.25) is 14.6 Å². The summed E-state index contributed by atoms with van der Waals surface area (Å²) in [5, 5.41) is 11.7. The molecule has 0 aliphatic heterocycles. The second-order valence-corrected chi connectivity index (χ2v) is 5.77. The summed E-state index contributed by atoms with van der Waals surface area (Å²) in [5.74, 6) is -1.20. The van der Waals surface area contributed by atoms with Gasteiger partial charge in [-0.25, -0.2) is 0 Å². The molecule has 104 valence electrons. The maximum atomic E-state index is 12.0. The lowest BCUT2D eigenvalue weighted by Gasteiger charge is -2.25. The lowest BCUT2D eigenvalue weighted by atomic mass is 9.87. The number of pyridine rings is 1. The van der Waals surface area contributed by atoms with Crippen LogP contribution in [0.25, 0.3) is 0 Å². The summed E-state index contributed by atoms with van der Waals surface area (Å²) in [7, 11) is 0. The standard InChI is InChI=1S/C14H20N2O3/c1-14(2,3)8-11(7-12(17)18)16-13(19)10-5-4-6-15-9-10/h4-6,9,11H,7-8H2,1-3H3,(H,16,19)(H,17,18). The maximum absolute atomic E-state index is 12.0. The Kier molecular flexibility index (Phi) is 5.03. The van der Waals surface area contributed by atoms with Crippen molar-refractivity contribution in [2.45, 2.75) is 39.7 Å². The van der Waals surface area contributed by atoms with E-state index in [1.165, 1.54) is 6.20 Å². The molecule has 0 bridgehead atoms. The smallest absolute Gasteiger partial charge is 0.305 e. The minimum atomic E-state index is -0.916. The van der Waals surface area contributed by atoms with Gasteiger partial charge in [-0.15, -0.1) is 0 Å². The lowest BCUT2D eigenvalue weighted by Crippen LogP contribution is -2.39. The van der Waals surface area contributed by atoms with Crippen molar-refractivity contribution in [2.24, 2.45) is 5.41 Å². The highest BCUT2D eigenvalue weighted by Crippen LogP contribution is 2.22. The van der Waals surface area contributed by atoms with Crippen molar-refractivity contribution in [3.63, 3.8) is 0 Å². The zero-order valence-electron chi connectivity index (χ0n) is 11.5. The average molecular weight is 264 g/mol. The summed E-state index contributed by atoms with van der Waals surface area (Å²) in [5.41, 5.74) is 0.384. The largest absolute Gasteiger partial charge is 0.481 e. The molecule has 1 unspecified atom stereocenters. The molecule has 5 nitrogen and oxygen atoms in total. The third-order valence-corrected chi connectivity index (χ3v) is 2.54. The van der Waals surface area contributed by atoms with Crippen LogP contribution in [0, 0.1) is 5.41 Å². The van der Waals surface area contributed by atoms with Gasteiger partial charge in [0.05, 0.1) is 12.0 Å². The van der Waals surface area contributed by atoms with Gasteiger partial charge in [-0.2, -0.15) is 0 Å². The van der Waals surface area contributed by atoms with Crippen LogP contribution in [0.1, 0.15) is 44.0 Å². The Labute approximate surface area is 113 Å². The minimum Gasteiger partial charge on any atom is -0.481 e. The quantitative estimate of drug-likeness (QED) is 0.853. The van der Waals surface area contributed by atoms with Crippen LogP contribution in [0.15, 0.2) is 24.5 Å². The van der Waals surface area contributed by atoms with E-state index in [2.05, 4.69) is 10.3 Å². The summed E-state index contributed by atoms with van der Waals surface area (Å²) in [6.07, 6.45) is 3.57. The SMILES string of the molecule is CC(C)(C)CC(CC(=O)O)NC(=O)c1cccnc1. The van der Waals surface area contributed by atoms with Gasteiger partial charge in [0, 0.05) is 18.4 Å². The molecule has 1 amide bonds. The second-order valence-electron chi connectivity index (χ2n) is 5.77. The molecule has 2 N–H and O–H groups in total. The molecule has 0 saturated heterocycles. The Morgan fingerprint density at radius 2 is 2.11 bits per heavy atom. The number of rotatable bonds is 5. The number of amides is 1. The first-order valence-electron chi connectivity index (χ1n) is 6.20. The van der Waals surface area contributed by atoms with E-state index in [-0.39, 0.29) is 23.8 Å². The zero-order valence-corrected chi connectivity index (χ0v) is 11.5. The molecule has 5 heteroatoms. The monoisotopic (exact) mass is 264 g/mol. The molecule has 0 radical (unpaired) electrons. The number of carboxylic acid groups (broad SMARTS) is 1. The van der Waals surface area contributed by atoms with Crippen LogP contribution in [-0.2, 0) is 4.79 Å². The van der Waals surface area contributed by atoms with Gasteiger partial charge in [0.1, 0.15) is 0 Å². The van der Waals surface area contributed by atoms with E-state index in [9.17, 15) is 9.59 Å². The first-order valence-corrected chi connectivity index (χ1v) is 6.20. The number of aromatic nitrogens is 1. The molecule has 0 aliphatic carbocycles. The third kappa shape index (κ3) is 5.99. The predicted octanol–water partition coefficient (Wildman–Crippen LogP) is 2.09. The van der Waals surface area contributed by atoms with Crippen molar-refractivity contribution in [3.8, 4) is 0 Å². The molecule has 0 fully saturated rings. The molecular formula is C14H20N2O3. The van der Waals surface area contributed by atoms with Gasteiger partial charge in [-0.1, -0.05) is 20.8 Å². The first-order chi connectivity index (χ1) is 8.78. The van der Waals surface area contributed by atoms with Crippen molar-refractivity contribution < 1.29 is 14.7 Å². The Morgan fingerprint density at radius 1 is 1.42 bits per heavy atom. The van der Waals surface area contributed by atoms with Gasteiger partial charge < -0.3 is 10.4 Å². The van der Waals surface area contributed by atoms with E-state index in [0.29, 0.717) is 12.0 Å². The number of carbonyl (C=O) groups excluding carboxylic acids is 1. The molecule has 0 saturated carbocycles. The topological polar surface area (TPSA) is 79.3 Å². The molecular weight excluding hydrogens is 244 g/mol. The number of hydrogen-bond acceptors (Lipinski definition) is 3. The van der Waals surface area contributed by atoms with E-state index in [1.807, 2.05) is 20.8 Å². The minimum absolute atomic E-state index is 0.0532. The van der Waals surface area contributed by atoms with Crippen molar-refractivity contribution in [1.82, 2.24) is 10.3 Å². The van der Waals surface area contributed by atoms with Crippen LogP contribution in [0.2, 0.25) is 0 Å². The van der Waals surface area contributed by atoms with E-state index >= 15 is 0 Å². The van der Waals surface area contributed by atoms with Crippen LogP contribution in [0.4, 0.5) is 0 Å². The molecule has 1 atom stereocenters. The van der Waals surface area contributed by atoms with Gasteiger partial charge in [0.2, 0.25) is 0 Å². The maximum Gasteiger partial charge on any atom is 0.305 e. The highest BCUT2D eigenvalue weighted by atomic mass is 16.4. The van der Waals surface area contributed by atoms with E-state index in [0.717, 1.165) is 0 Å². The Hall–Kier alpha value is -1.91. The highest BCUT2D eigenvalue weighted by molar-refractivity contribution is 5.94. The Balaban J connectivity index is 2.72. The van der Waals surface area contributed by atoms with Crippen LogP contribution >= 0.6 is 0 Å². The molecule has 0 spiro atoms. The number of carbonyl (C=O) groups is 2. The van der Waals surface area contributed by atoms with Crippen LogP contribution in [-0.4, -0.2) is 28.0 Å². The van der Waals surface area contributed by atoms with Gasteiger partial charge in [0.15, 0.2) is 0 Å². The van der Waals surface area contributed by atoms with Gasteiger partial charge >= 0.3 is 5.97 Å². The number of hydrogen-bond donors (Lipinski definition) is 2. The van der Waals surface area contributed by atoms with Crippen LogP contribution in [0.5, 0.6) is 0 Å². The second kappa shape index (κ2) is 6.31. The predicted molar refractivity (Wildman–Crippen MR) is 71.8 cm³/mol. The number of aliphatic carboxylic acids is 1. The summed E-state index contributed by atoms with van der Waals surface area (Å²) in [6, 6.07) is 2.94. The fourth-order valence-electron chi connectivity index (χ4n) is 1.89. The van der Waals surface area contributed by atoms with Gasteiger partial charge in [-0.05, 0) is 24.0 Å². The van der Waals surface area contributed by atoms with E-state index in [1.54, 1.807) is 18.3 Å².